The largest absolute Gasteiger partial charge is 0.481 e. The molecule has 1 aliphatic carbocycles. The van der Waals surface area contributed by atoms with Gasteiger partial charge in [0.05, 0.1) is 18.6 Å². The van der Waals surface area contributed by atoms with Crippen LogP contribution in [0.3, 0.4) is 0 Å². The van der Waals surface area contributed by atoms with Crippen LogP contribution >= 0.6 is 11.6 Å². The molecule has 41 heavy (non-hydrogen) atoms. The third-order valence-corrected chi connectivity index (χ3v) is 10.1. The molecule has 228 valence electrons. The van der Waals surface area contributed by atoms with Crippen molar-refractivity contribution in [2.24, 2.45) is 11.8 Å². The topological polar surface area (TPSA) is 82.6 Å². The number of carboxylic acid groups (broad SMARTS) is 1. The van der Waals surface area contributed by atoms with Crippen LogP contribution in [0.2, 0.25) is 5.02 Å². The van der Waals surface area contributed by atoms with E-state index in [0.717, 1.165) is 43.5 Å². The van der Waals surface area contributed by atoms with Crippen molar-refractivity contribution in [2.75, 3.05) is 64.5 Å². The number of benzene rings is 1. The van der Waals surface area contributed by atoms with E-state index in [1.54, 1.807) is 12.0 Å². The van der Waals surface area contributed by atoms with Crippen LogP contribution in [0.5, 0.6) is 0 Å². The van der Waals surface area contributed by atoms with Gasteiger partial charge in [-0.25, -0.2) is 4.39 Å². The fourth-order valence-corrected chi connectivity index (χ4v) is 7.79. The molecule has 1 N–H and O–H groups in total. The van der Waals surface area contributed by atoms with Crippen molar-refractivity contribution in [1.29, 1.82) is 0 Å². The number of aliphatic carboxylic acids is 1. The van der Waals surface area contributed by atoms with Gasteiger partial charge in [-0.3, -0.25) is 14.5 Å². The van der Waals surface area contributed by atoms with Crippen molar-refractivity contribution in [2.45, 2.75) is 75.6 Å². The van der Waals surface area contributed by atoms with E-state index in [1.807, 2.05) is 25.1 Å². The quantitative estimate of drug-likeness (QED) is 0.448. The molecule has 3 heterocycles. The number of methoxy groups -OCH3 is 1. The van der Waals surface area contributed by atoms with Crippen molar-refractivity contribution < 1.29 is 28.6 Å². The maximum absolute atomic E-state index is 16.4. The molecule has 8 nitrogen and oxygen atoms in total. The number of rotatable bonds is 9. The highest BCUT2D eigenvalue weighted by atomic mass is 35.5. The smallest absolute Gasteiger partial charge is 0.306 e. The SMILES string of the molecule is CCO[C@H]1CC[C@H](N2CC[C@](F)(C(=O)N3C[C@H](COC)[C@@H](c4ccc(Cl)cc4N4CCC(C(=O)O)CC4)C3)C2)CC1. The van der Waals surface area contributed by atoms with E-state index in [-0.39, 0.29) is 30.7 Å². The predicted molar refractivity (Wildman–Crippen MR) is 156 cm³/mol. The Labute approximate surface area is 248 Å². The normalized spacial score (nSPS) is 31.6. The summed E-state index contributed by atoms with van der Waals surface area (Å²) in [7, 11) is 1.66. The average molecular weight is 594 g/mol. The van der Waals surface area contributed by atoms with Crippen molar-refractivity contribution in [1.82, 2.24) is 9.80 Å². The number of piperidine rings is 1. The first kappa shape index (κ1) is 30.5. The summed E-state index contributed by atoms with van der Waals surface area (Å²) in [5.41, 5.74) is 0.170. The zero-order chi connectivity index (χ0) is 29.1. The Morgan fingerprint density at radius 2 is 1.83 bits per heavy atom. The van der Waals surface area contributed by atoms with E-state index in [2.05, 4.69) is 9.80 Å². The zero-order valence-corrected chi connectivity index (χ0v) is 25.2. The summed E-state index contributed by atoms with van der Waals surface area (Å²) in [4.78, 5) is 31.4. The lowest BCUT2D eigenvalue weighted by Gasteiger charge is -2.35. The van der Waals surface area contributed by atoms with E-state index in [0.29, 0.717) is 69.3 Å². The summed E-state index contributed by atoms with van der Waals surface area (Å²) in [6.45, 7) is 6.12. The van der Waals surface area contributed by atoms with Gasteiger partial charge in [-0.1, -0.05) is 17.7 Å². The maximum atomic E-state index is 16.4. The molecule has 0 radical (unpaired) electrons. The molecule has 0 unspecified atom stereocenters. The minimum atomic E-state index is -1.87. The monoisotopic (exact) mass is 593 g/mol. The lowest BCUT2D eigenvalue weighted by molar-refractivity contribution is -0.143. The fourth-order valence-electron chi connectivity index (χ4n) is 7.63. The predicted octanol–water partition coefficient (Wildman–Crippen LogP) is 4.59. The van der Waals surface area contributed by atoms with E-state index in [9.17, 15) is 14.7 Å². The number of hydrogen-bond acceptors (Lipinski definition) is 6. The first-order valence-electron chi connectivity index (χ1n) is 15.3. The number of carboxylic acids is 1. The van der Waals surface area contributed by atoms with Crippen LogP contribution in [0.4, 0.5) is 10.1 Å². The number of carbonyl (C=O) groups is 2. The minimum Gasteiger partial charge on any atom is -0.481 e. The summed E-state index contributed by atoms with van der Waals surface area (Å²) in [6.07, 6.45) is 5.64. The summed E-state index contributed by atoms with van der Waals surface area (Å²) in [5, 5.41) is 10.1. The fraction of sp³-hybridized carbons (Fsp3) is 0.742. The minimum absolute atomic E-state index is 0.0235. The summed E-state index contributed by atoms with van der Waals surface area (Å²) >= 11 is 6.43. The first-order valence-corrected chi connectivity index (χ1v) is 15.7. The van der Waals surface area contributed by atoms with E-state index in [4.69, 9.17) is 21.1 Å². The van der Waals surface area contributed by atoms with Gasteiger partial charge in [0, 0.05) is 88.0 Å². The van der Waals surface area contributed by atoms with Crippen LogP contribution in [0.25, 0.3) is 0 Å². The van der Waals surface area contributed by atoms with Gasteiger partial charge in [0.2, 0.25) is 5.67 Å². The molecular formula is C31H45ClFN3O5. The summed E-state index contributed by atoms with van der Waals surface area (Å²) < 4.78 is 27.7. The van der Waals surface area contributed by atoms with E-state index >= 15 is 4.39 Å². The van der Waals surface area contributed by atoms with Crippen LogP contribution in [0.15, 0.2) is 18.2 Å². The standard InChI is InChI=1S/C31H45ClFN3O5/c1-3-41-25-7-5-24(6-8-25)35-15-12-31(33,20-35)30(39)36-17-22(19-40-2)27(18-36)26-9-4-23(32)16-28(26)34-13-10-21(11-14-34)29(37)38/h4,9,16,21-22,24-25,27H,3,5-8,10-15,17-20H2,1-2H3,(H,37,38)/t22-,24-,25-,27+,31-/m1/s1. The maximum Gasteiger partial charge on any atom is 0.306 e. The van der Waals surface area contributed by atoms with Gasteiger partial charge in [-0.15, -0.1) is 0 Å². The number of nitrogens with zero attached hydrogens (tertiary/aromatic N) is 3. The molecule has 0 spiro atoms. The highest BCUT2D eigenvalue weighted by molar-refractivity contribution is 6.30. The van der Waals surface area contributed by atoms with Crippen LogP contribution in [-0.4, -0.2) is 104 Å². The van der Waals surface area contributed by atoms with Crippen LogP contribution in [-0.2, 0) is 19.1 Å². The molecule has 0 bridgehead atoms. The van der Waals surface area contributed by atoms with Crippen LogP contribution < -0.4 is 4.90 Å². The molecule has 1 aromatic carbocycles. The number of anilines is 1. The van der Waals surface area contributed by atoms with Gasteiger partial charge < -0.3 is 24.4 Å². The molecule has 3 saturated heterocycles. The molecule has 4 aliphatic rings. The van der Waals surface area contributed by atoms with Crippen molar-refractivity contribution in [3.63, 3.8) is 0 Å². The lowest BCUT2D eigenvalue weighted by Crippen LogP contribution is -2.48. The molecule has 1 amide bonds. The number of hydrogen-bond donors (Lipinski definition) is 1. The second-order valence-electron chi connectivity index (χ2n) is 12.4. The van der Waals surface area contributed by atoms with Crippen LogP contribution in [0, 0.1) is 11.8 Å². The Hall–Kier alpha value is -1.94. The highest BCUT2D eigenvalue weighted by Gasteiger charge is 2.51. The average Bonchev–Trinajstić information content (AvgIpc) is 3.58. The molecule has 1 aromatic rings. The number of ether oxygens (including phenoxy) is 2. The zero-order valence-electron chi connectivity index (χ0n) is 24.4. The number of halogens is 2. The Balaban J connectivity index is 1.28. The molecular weight excluding hydrogens is 549 g/mol. The Morgan fingerprint density at radius 3 is 2.49 bits per heavy atom. The molecule has 1 saturated carbocycles. The molecule has 5 rings (SSSR count). The van der Waals surface area contributed by atoms with Gasteiger partial charge in [0.25, 0.3) is 5.91 Å². The molecule has 4 fully saturated rings. The third kappa shape index (κ3) is 6.68. The van der Waals surface area contributed by atoms with Gasteiger partial charge >= 0.3 is 5.97 Å². The van der Waals surface area contributed by atoms with E-state index < -0.39 is 17.5 Å². The van der Waals surface area contributed by atoms with Crippen molar-refractivity contribution in [3.8, 4) is 0 Å². The summed E-state index contributed by atoms with van der Waals surface area (Å²) in [5.74, 6) is -1.48. The van der Waals surface area contributed by atoms with Gasteiger partial charge in [0.1, 0.15) is 0 Å². The summed E-state index contributed by atoms with van der Waals surface area (Å²) in [6, 6.07) is 6.14. The Morgan fingerprint density at radius 1 is 1.10 bits per heavy atom. The van der Waals surface area contributed by atoms with Crippen LogP contribution in [0.1, 0.15) is 63.4 Å². The van der Waals surface area contributed by atoms with Gasteiger partial charge in [0.15, 0.2) is 0 Å². The van der Waals surface area contributed by atoms with Gasteiger partial charge in [-0.2, -0.15) is 0 Å². The van der Waals surface area contributed by atoms with Crippen molar-refractivity contribution in [3.05, 3.63) is 28.8 Å². The number of likely N-dealkylation sites (tertiary alicyclic amines) is 2. The number of amides is 1. The second-order valence-corrected chi connectivity index (χ2v) is 12.8. The lowest BCUT2D eigenvalue weighted by atomic mass is 9.87. The third-order valence-electron chi connectivity index (χ3n) is 9.88. The molecule has 3 aliphatic heterocycles. The molecule has 3 atom stereocenters. The Bertz CT molecular complexity index is 1080. The number of alkyl halides is 1. The first-order chi connectivity index (χ1) is 19.7. The van der Waals surface area contributed by atoms with Gasteiger partial charge in [-0.05, 0) is 63.1 Å². The van der Waals surface area contributed by atoms with Crippen molar-refractivity contribution >= 4 is 29.2 Å². The highest BCUT2D eigenvalue weighted by Crippen LogP contribution is 2.42. The number of carbonyl (C=O) groups excluding carboxylic acids is 1. The van der Waals surface area contributed by atoms with E-state index in [1.165, 1.54) is 0 Å². The Kier molecular flexibility index (Phi) is 9.78. The molecule has 0 aromatic heterocycles. The second kappa shape index (κ2) is 13.1. The molecule has 10 heteroatoms.